The molecule has 0 fully saturated rings. The van der Waals surface area contributed by atoms with Gasteiger partial charge in [-0.25, -0.2) is 9.18 Å². The SMILES string of the molecule is Cc1c(-c2c([C@H](OC(C)(C)C)C(=O)O)n(C)c(=O)c3cc(C4CC=CN4C)ccc23)cc(F)c2c1CCCO2. The molecular weight excluding hydrogens is 499 g/mol. The summed E-state index contributed by atoms with van der Waals surface area (Å²) in [6, 6.07) is 7.21. The highest BCUT2D eigenvalue weighted by Gasteiger charge is 2.34. The molecule has 0 spiro atoms. The first-order chi connectivity index (χ1) is 18.4. The summed E-state index contributed by atoms with van der Waals surface area (Å²) in [5, 5.41) is 11.3. The van der Waals surface area contributed by atoms with Gasteiger partial charge in [0.25, 0.3) is 5.56 Å². The normalized spacial score (nSPS) is 17.8. The van der Waals surface area contributed by atoms with Crippen LogP contribution in [0.2, 0.25) is 0 Å². The van der Waals surface area contributed by atoms with Crippen molar-refractivity contribution in [3.63, 3.8) is 0 Å². The van der Waals surface area contributed by atoms with E-state index < -0.39 is 23.5 Å². The number of benzene rings is 2. The van der Waals surface area contributed by atoms with Crippen molar-refractivity contribution in [3.05, 3.63) is 75.1 Å². The Balaban J connectivity index is 1.87. The maximum Gasteiger partial charge on any atom is 0.339 e. The second-order valence-electron chi connectivity index (χ2n) is 11.5. The molecule has 3 heterocycles. The standard InChI is InChI=1S/C31H35FN2O5/c1-17-19-9-8-14-38-27(19)23(32)16-21(17)25-20-12-11-18(24-10-7-13-33(24)5)15-22(20)29(35)34(6)26(25)28(30(36)37)39-31(2,3)4/h7,11-13,15-16,24,28H,8-10,14H2,1-6H3,(H,36,37)/t24?,28-/m0/s1. The van der Waals surface area contributed by atoms with Gasteiger partial charge in [0, 0.05) is 30.6 Å². The van der Waals surface area contributed by atoms with Crippen LogP contribution in [0.1, 0.15) is 68.1 Å². The van der Waals surface area contributed by atoms with Crippen LogP contribution in [0.4, 0.5) is 4.39 Å². The predicted octanol–water partition coefficient (Wildman–Crippen LogP) is 5.81. The monoisotopic (exact) mass is 534 g/mol. The zero-order valence-corrected chi connectivity index (χ0v) is 23.3. The summed E-state index contributed by atoms with van der Waals surface area (Å²) in [5.74, 6) is -1.48. The number of aliphatic carboxylic acids is 1. The Morgan fingerprint density at radius 3 is 2.59 bits per heavy atom. The summed E-state index contributed by atoms with van der Waals surface area (Å²) in [5.41, 5.74) is 2.59. The second-order valence-corrected chi connectivity index (χ2v) is 11.5. The molecule has 2 atom stereocenters. The molecule has 0 saturated heterocycles. The first-order valence-electron chi connectivity index (χ1n) is 13.3. The number of nitrogens with zero attached hydrogens (tertiary/aromatic N) is 2. The van der Waals surface area contributed by atoms with Crippen LogP contribution in [-0.4, -0.2) is 39.8 Å². The van der Waals surface area contributed by atoms with Gasteiger partial charge in [-0.2, -0.15) is 0 Å². The van der Waals surface area contributed by atoms with Crippen molar-refractivity contribution in [2.24, 2.45) is 7.05 Å². The average molecular weight is 535 g/mol. The molecule has 8 heteroatoms. The van der Waals surface area contributed by atoms with Crippen molar-refractivity contribution in [3.8, 4) is 16.9 Å². The number of hydrogen-bond donors (Lipinski definition) is 1. The van der Waals surface area contributed by atoms with Gasteiger partial charge in [-0.3, -0.25) is 4.79 Å². The van der Waals surface area contributed by atoms with Gasteiger partial charge in [0.2, 0.25) is 0 Å². The summed E-state index contributed by atoms with van der Waals surface area (Å²) in [4.78, 5) is 28.6. The number of halogens is 1. The van der Waals surface area contributed by atoms with Crippen molar-refractivity contribution in [1.29, 1.82) is 0 Å². The Hall–Kier alpha value is -3.65. The third-order valence-corrected chi connectivity index (χ3v) is 7.69. The number of carboxylic acids is 1. The summed E-state index contributed by atoms with van der Waals surface area (Å²) < 4.78 is 28.6. The van der Waals surface area contributed by atoms with Gasteiger partial charge in [-0.1, -0.05) is 18.2 Å². The van der Waals surface area contributed by atoms with Crippen LogP contribution in [0.5, 0.6) is 5.75 Å². The third kappa shape index (κ3) is 4.71. The summed E-state index contributed by atoms with van der Waals surface area (Å²) >= 11 is 0. The Kier molecular flexibility index (Phi) is 6.79. The van der Waals surface area contributed by atoms with Crippen molar-refractivity contribution < 1.29 is 23.8 Å². The van der Waals surface area contributed by atoms with E-state index in [2.05, 4.69) is 11.0 Å². The van der Waals surface area contributed by atoms with Gasteiger partial charge in [0.05, 0.1) is 23.9 Å². The molecule has 206 valence electrons. The molecule has 1 aromatic heterocycles. The molecule has 0 bridgehead atoms. The largest absolute Gasteiger partial charge is 0.490 e. The van der Waals surface area contributed by atoms with Crippen molar-refractivity contribution >= 4 is 16.7 Å². The number of carboxylic acid groups (broad SMARTS) is 1. The van der Waals surface area contributed by atoms with Gasteiger partial charge < -0.3 is 24.0 Å². The average Bonchev–Trinajstić information content (AvgIpc) is 3.32. The van der Waals surface area contributed by atoms with Crippen LogP contribution in [0.3, 0.4) is 0 Å². The maximum absolute atomic E-state index is 15.5. The van der Waals surface area contributed by atoms with Gasteiger partial charge >= 0.3 is 5.97 Å². The van der Waals surface area contributed by atoms with E-state index in [0.29, 0.717) is 34.9 Å². The number of ether oxygens (including phenoxy) is 2. The van der Waals surface area contributed by atoms with Crippen LogP contribution in [0, 0.1) is 12.7 Å². The van der Waals surface area contributed by atoms with Crippen LogP contribution in [0.15, 0.2) is 41.3 Å². The highest BCUT2D eigenvalue weighted by molar-refractivity contribution is 6.00. The fourth-order valence-corrected chi connectivity index (χ4v) is 5.84. The van der Waals surface area contributed by atoms with E-state index in [9.17, 15) is 14.7 Å². The van der Waals surface area contributed by atoms with Crippen molar-refractivity contribution in [2.45, 2.75) is 64.7 Å². The van der Waals surface area contributed by atoms with Crippen LogP contribution >= 0.6 is 0 Å². The number of fused-ring (bicyclic) bond motifs is 2. The van der Waals surface area contributed by atoms with Gasteiger partial charge in [-0.05, 0) is 87.4 Å². The van der Waals surface area contributed by atoms with E-state index in [4.69, 9.17) is 9.47 Å². The molecule has 1 unspecified atom stereocenters. The molecule has 1 N–H and O–H groups in total. The molecule has 39 heavy (non-hydrogen) atoms. The third-order valence-electron chi connectivity index (χ3n) is 7.69. The maximum atomic E-state index is 15.5. The van der Waals surface area contributed by atoms with Gasteiger partial charge in [0.1, 0.15) is 0 Å². The molecule has 0 amide bonds. The van der Waals surface area contributed by atoms with E-state index in [-0.39, 0.29) is 23.0 Å². The molecule has 5 rings (SSSR count). The molecule has 0 saturated carbocycles. The number of rotatable bonds is 5. The van der Waals surface area contributed by atoms with Gasteiger partial charge in [-0.15, -0.1) is 0 Å². The molecule has 2 aromatic carbocycles. The highest BCUT2D eigenvalue weighted by Crippen LogP contribution is 2.43. The van der Waals surface area contributed by atoms with Crippen molar-refractivity contribution in [1.82, 2.24) is 9.47 Å². The lowest BCUT2D eigenvalue weighted by atomic mass is 9.87. The molecule has 0 aliphatic carbocycles. The summed E-state index contributed by atoms with van der Waals surface area (Å²) in [6.07, 6.45) is 4.88. The Labute approximate surface area is 227 Å². The van der Waals surface area contributed by atoms with E-state index in [0.717, 1.165) is 29.5 Å². The van der Waals surface area contributed by atoms with E-state index in [1.54, 1.807) is 27.8 Å². The van der Waals surface area contributed by atoms with Crippen LogP contribution in [0.25, 0.3) is 21.9 Å². The van der Waals surface area contributed by atoms with E-state index >= 15 is 4.39 Å². The molecule has 7 nitrogen and oxygen atoms in total. The molecule has 2 aliphatic heterocycles. The van der Waals surface area contributed by atoms with Crippen LogP contribution in [-0.2, 0) is 23.0 Å². The van der Waals surface area contributed by atoms with Crippen LogP contribution < -0.4 is 10.3 Å². The minimum atomic E-state index is -1.46. The minimum Gasteiger partial charge on any atom is -0.490 e. The fraction of sp³-hybridized carbons (Fsp3) is 0.419. The Bertz CT molecular complexity index is 1570. The molecular formula is C31H35FN2O5. The fourth-order valence-electron chi connectivity index (χ4n) is 5.84. The molecule has 2 aliphatic rings. The lowest BCUT2D eigenvalue weighted by Gasteiger charge is -2.30. The summed E-state index contributed by atoms with van der Waals surface area (Å²) in [7, 11) is 3.55. The number of carbonyl (C=O) groups is 1. The van der Waals surface area contributed by atoms with Gasteiger partial charge in [0.15, 0.2) is 17.7 Å². The second kappa shape index (κ2) is 9.83. The van der Waals surface area contributed by atoms with Crippen molar-refractivity contribution in [2.75, 3.05) is 13.7 Å². The minimum absolute atomic E-state index is 0.0956. The Morgan fingerprint density at radius 1 is 1.21 bits per heavy atom. The smallest absolute Gasteiger partial charge is 0.339 e. The zero-order chi connectivity index (χ0) is 28.2. The predicted molar refractivity (Wildman–Crippen MR) is 149 cm³/mol. The van der Waals surface area contributed by atoms with E-state index in [1.165, 1.54) is 10.6 Å². The quantitative estimate of drug-likeness (QED) is 0.445. The van der Waals surface area contributed by atoms with E-state index in [1.807, 2.05) is 38.4 Å². The topological polar surface area (TPSA) is 81.0 Å². The summed E-state index contributed by atoms with van der Waals surface area (Å²) in [6.45, 7) is 7.64. The number of aromatic nitrogens is 1. The molecule has 3 aromatic rings. The first kappa shape index (κ1) is 26.9. The number of hydrogen-bond acceptors (Lipinski definition) is 5. The first-order valence-corrected chi connectivity index (χ1v) is 13.3. The molecule has 0 radical (unpaired) electrons. The lowest BCUT2D eigenvalue weighted by Crippen LogP contribution is -2.33. The Morgan fingerprint density at radius 2 is 1.95 bits per heavy atom. The highest BCUT2D eigenvalue weighted by atomic mass is 19.1. The zero-order valence-electron chi connectivity index (χ0n) is 23.3. The lowest BCUT2D eigenvalue weighted by molar-refractivity contribution is -0.161. The number of pyridine rings is 1.